The fourth-order valence-corrected chi connectivity index (χ4v) is 4.30. The standard InChI is InChI=1S/C18H27F3N4O/c19-18(20,21)13-23-16(26)17(25-11-8-22-14-25)6-9-24(10-7-17)12-15-4-2-1-3-5-15/h8,11,14-15H,1-7,9-10,12-13H2,(H,23,26). The number of carbonyl (C=O) groups is 1. The highest BCUT2D eigenvalue weighted by Crippen LogP contribution is 2.33. The summed E-state index contributed by atoms with van der Waals surface area (Å²) < 4.78 is 39.3. The molecule has 1 aromatic rings. The molecule has 146 valence electrons. The molecule has 1 aromatic heterocycles. The van der Waals surface area contributed by atoms with Crippen LogP contribution in [0.1, 0.15) is 44.9 Å². The first kappa shape index (κ1) is 19.2. The van der Waals surface area contributed by atoms with Crippen LogP contribution >= 0.6 is 0 Å². The molecular formula is C18H27F3N4O. The molecule has 0 aromatic carbocycles. The van der Waals surface area contributed by atoms with Gasteiger partial charge in [0.25, 0.3) is 0 Å². The van der Waals surface area contributed by atoms with Crippen molar-refractivity contribution in [3.8, 4) is 0 Å². The van der Waals surface area contributed by atoms with Crippen molar-refractivity contribution in [3.63, 3.8) is 0 Å². The second-order valence-electron chi connectivity index (χ2n) is 7.60. The molecule has 26 heavy (non-hydrogen) atoms. The zero-order valence-corrected chi connectivity index (χ0v) is 15.0. The fraction of sp³-hybridized carbons (Fsp3) is 0.778. The molecule has 2 fully saturated rings. The molecule has 1 saturated heterocycles. The first-order valence-corrected chi connectivity index (χ1v) is 9.45. The number of aromatic nitrogens is 2. The van der Waals surface area contributed by atoms with Crippen LogP contribution in [-0.4, -0.2) is 52.7 Å². The number of carbonyl (C=O) groups excluding carboxylic acids is 1. The fourth-order valence-electron chi connectivity index (χ4n) is 4.30. The van der Waals surface area contributed by atoms with Crippen molar-refractivity contribution in [1.29, 1.82) is 0 Å². The lowest BCUT2D eigenvalue weighted by molar-refractivity contribution is -0.145. The van der Waals surface area contributed by atoms with Gasteiger partial charge in [-0.15, -0.1) is 0 Å². The van der Waals surface area contributed by atoms with Crippen molar-refractivity contribution in [2.75, 3.05) is 26.2 Å². The Kier molecular flexibility index (Phi) is 5.89. The molecule has 0 spiro atoms. The van der Waals surface area contributed by atoms with Crippen LogP contribution in [0.5, 0.6) is 0 Å². The zero-order chi connectivity index (χ0) is 18.6. The normalized spacial score (nSPS) is 22.3. The molecule has 0 atom stereocenters. The van der Waals surface area contributed by atoms with E-state index in [2.05, 4.69) is 15.2 Å². The van der Waals surface area contributed by atoms with Crippen LogP contribution in [0, 0.1) is 5.92 Å². The lowest BCUT2D eigenvalue weighted by Crippen LogP contribution is -2.56. The van der Waals surface area contributed by atoms with Crippen LogP contribution < -0.4 is 5.32 Å². The first-order valence-electron chi connectivity index (χ1n) is 9.45. The molecular weight excluding hydrogens is 345 g/mol. The minimum absolute atomic E-state index is 0.500. The Morgan fingerprint density at radius 1 is 1.19 bits per heavy atom. The molecule has 5 nitrogen and oxygen atoms in total. The minimum atomic E-state index is -4.41. The number of nitrogens with zero attached hydrogens (tertiary/aromatic N) is 3. The minimum Gasteiger partial charge on any atom is -0.345 e. The molecule has 2 aliphatic rings. The predicted molar refractivity (Wildman–Crippen MR) is 91.5 cm³/mol. The van der Waals surface area contributed by atoms with Crippen molar-refractivity contribution < 1.29 is 18.0 Å². The molecule has 1 N–H and O–H groups in total. The number of rotatable bonds is 5. The van der Waals surface area contributed by atoms with Gasteiger partial charge in [-0.05, 0) is 31.6 Å². The lowest BCUT2D eigenvalue weighted by atomic mass is 9.84. The van der Waals surface area contributed by atoms with Crippen molar-refractivity contribution in [3.05, 3.63) is 18.7 Å². The van der Waals surface area contributed by atoms with E-state index in [-0.39, 0.29) is 0 Å². The van der Waals surface area contributed by atoms with Gasteiger partial charge >= 0.3 is 6.18 Å². The van der Waals surface area contributed by atoms with Crippen LogP contribution in [0.3, 0.4) is 0 Å². The number of likely N-dealkylation sites (tertiary alicyclic amines) is 1. The van der Waals surface area contributed by atoms with Crippen LogP contribution in [-0.2, 0) is 10.3 Å². The second kappa shape index (κ2) is 7.98. The van der Waals surface area contributed by atoms with E-state index in [1.165, 1.54) is 38.4 Å². The quantitative estimate of drug-likeness (QED) is 0.865. The van der Waals surface area contributed by atoms with E-state index >= 15 is 0 Å². The summed E-state index contributed by atoms with van der Waals surface area (Å²) in [4.78, 5) is 19.0. The molecule has 1 aliphatic heterocycles. The highest BCUT2D eigenvalue weighted by atomic mass is 19.4. The van der Waals surface area contributed by atoms with E-state index in [0.717, 1.165) is 6.54 Å². The number of amides is 1. The van der Waals surface area contributed by atoms with Gasteiger partial charge in [-0.25, -0.2) is 4.98 Å². The van der Waals surface area contributed by atoms with E-state index in [4.69, 9.17) is 0 Å². The van der Waals surface area contributed by atoms with Gasteiger partial charge < -0.3 is 14.8 Å². The predicted octanol–water partition coefficient (Wildman–Crippen LogP) is 2.93. The Bertz CT molecular complexity index is 574. The summed E-state index contributed by atoms with van der Waals surface area (Å²) in [5, 5.41) is 2.09. The number of hydrogen-bond donors (Lipinski definition) is 1. The third kappa shape index (κ3) is 4.58. The van der Waals surface area contributed by atoms with Crippen molar-refractivity contribution in [2.45, 2.75) is 56.7 Å². The Hall–Kier alpha value is -1.57. The topological polar surface area (TPSA) is 50.2 Å². The van der Waals surface area contributed by atoms with Gasteiger partial charge in [-0.2, -0.15) is 13.2 Å². The summed E-state index contributed by atoms with van der Waals surface area (Å²) in [5.74, 6) is 0.147. The van der Waals surface area contributed by atoms with E-state index in [1.807, 2.05) is 0 Å². The summed E-state index contributed by atoms with van der Waals surface area (Å²) in [6, 6.07) is 0. The maximum atomic E-state index is 12.7. The third-order valence-corrected chi connectivity index (χ3v) is 5.80. The maximum absolute atomic E-state index is 12.7. The number of piperidine rings is 1. The smallest absolute Gasteiger partial charge is 0.345 e. The van der Waals surface area contributed by atoms with Gasteiger partial charge in [-0.3, -0.25) is 4.79 Å². The number of hydrogen-bond acceptors (Lipinski definition) is 3. The summed E-state index contributed by atoms with van der Waals surface area (Å²) in [7, 11) is 0. The summed E-state index contributed by atoms with van der Waals surface area (Å²) >= 11 is 0. The molecule has 0 unspecified atom stereocenters. The Labute approximate surface area is 152 Å². The van der Waals surface area contributed by atoms with Crippen LogP contribution in [0.15, 0.2) is 18.7 Å². The Morgan fingerprint density at radius 2 is 1.88 bits per heavy atom. The summed E-state index contributed by atoms with van der Waals surface area (Å²) in [6.45, 7) is 1.17. The second-order valence-corrected chi connectivity index (χ2v) is 7.60. The van der Waals surface area contributed by atoms with Gasteiger partial charge in [0.15, 0.2) is 0 Å². The van der Waals surface area contributed by atoms with Gasteiger partial charge in [0.2, 0.25) is 5.91 Å². The average Bonchev–Trinajstić information content (AvgIpc) is 3.16. The number of halogens is 3. The molecule has 3 rings (SSSR count). The van der Waals surface area contributed by atoms with E-state index in [0.29, 0.717) is 31.8 Å². The molecule has 1 amide bonds. The highest BCUT2D eigenvalue weighted by molar-refractivity contribution is 5.84. The van der Waals surface area contributed by atoms with Crippen LogP contribution in [0.2, 0.25) is 0 Å². The number of imidazole rings is 1. The maximum Gasteiger partial charge on any atom is 0.405 e. The van der Waals surface area contributed by atoms with E-state index in [9.17, 15) is 18.0 Å². The Balaban J connectivity index is 1.64. The van der Waals surface area contributed by atoms with Crippen LogP contribution in [0.4, 0.5) is 13.2 Å². The monoisotopic (exact) mass is 372 g/mol. The lowest BCUT2D eigenvalue weighted by Gasteiger charge is -2.42. The SMILES string of the molecule is O=C(NCC(F)(F)F)C1(n2ccnc2)CCN(CC2CCCCC2)CC1. The van der Waals surface area contributed by atoms with Crippen molar-refractivity contribution >= 4 is 5.91 Å². The molecule has 2 heterocycles. The van der Waals surface area contributed by atoms with Crippen molar-refractivity contribution in [2.24, 2.45) is 5.92 Å². The largest absolute Gasteiger partial charge is 0.405 e. The number of nitrogens with one attached hydrogen (secondary N) is 1. The molecule has 8 heteroatoms. The van der Waals surface area contributed by atoms with Gasteiger partial charge in [-0.1, -0.05) is 19.3 Å². The zero-order valence-electron chi connectivity index (χ0n) is 15.0. The van der Waals surface area contributed by atoms with Crippen LogP contribution in [0.25, 0.3) is 0 Å². The number of alkyl halides is 3. The third-order valence-electron chi connectivity index (χ3n) is 5.80. The molecule has 1 aliphatic carbocycles. The summed E-state index contributed by atoms with van der Waals surface area (Å²) in [5.41, 5.74) is -0.981. The van der Waals surface area contributed by atoms with Crippen molar-refractivity contribution in [1.82, 2.24) is 19.8 Å². The van der Waals surface area contributed by atoms with E-state index in [1.54, 1.807) is 17.0 Å². The first-order chi connectivity index (χ1) is 12.4. The van der Waals surface area contributed by atoms with Gasteiger partial charge in [0, 0.05) is 32.0 Å². The van der Waals surface area contributed by atoms with Gasteiger partial charge in [0.05, 0.1) is 6.33 Å². The van der Waals surface area contributed by atoms with E-state index < -0.39 is 24.2 Å². The summed E-state index contributed by atoms with van der Waals surface area (Å²) in [6.07, 6.45) is 7.77. The average molecular weight is 372 g/mol. The Morgan fingerprint density at radius 3 is 2.46 bits per heavy atom. The highest BCUT2D eigenvalue weighted by Gasteiger charge is 2.44. The van der Waals surface area contributed by atoms with Gasteiger partial charge in [0.1, 0.15) is 12.1 Å². The molecule has 0 radical (unpaired) electrons. The molecule has 1 saturated carbocycles. The molecule has 0 bridgehead atoms.